The smallest absolute Gasteiger partial charge is 0.132 e. The first-order valence-electron chi connectivity index (χ1n) is 6.00. The molecule has 0 aromatic rings. The minimum absolute atomic E-state index is 0.300. The maximum Gasteiger partial charge on any atom is 0.132 e. The second-order valence-corrected chi connectivity index (χ2v) is 4.02. The van der Waals surface area contributed by atoms with E-state index >= 15 is 0 Å². The molecule has 1 unspecified atom stereocenters. The predicted molar refractivity (Wildman–Crippen MR) is 66.9 cm³/mol. The van der Waals surface area contributed by atoms with E-state index in [2.05, 4.69) is 19.6 Å². The van der Waals surface area contributed by atoms with Gasteiger partial charge in [0.15, 0.2) is 0 Å². The van der Waals surface area contributed by atoms with Crippen LogP contribution in [-0.4, -0.2) is 5.78 Å². The highest BCUT2D eigenvalue weighted by Gasteiger charge is 2.10. The van der Waals surface area contributed by atoms with Gasteiger partial charge in [0.25, 0.3) is 0 Å². The topological polar surface area (TPSA) is 17.1 Å². The van der Waals surface area contributed by atoms with E-state index in [1.807, 2.05) is 12.2 Å². The third-order valence-corrected chi connectivity index (χ3v) is 2.76. The highest BCUT2D eigenvalue weighted by Crippen LogP contribution is 2.15. The van der Waals surface area contributed by atoms with Crippen LogP contribution in [-0.2, 0) is 4.79 Å². The lowest BCUT2D eigenvalue weighted by Gasteiger charge is -2.09. The molecule has 0 aromatic carbocycles. The third-order valence-electron chi connectivity index (χ3n) is 2.76. The number of hydrogen-bond donors (Lipinski definition) is 0. The van der Waals surface area contributed by atoms with Gasteiger partial charge in [0, 0.05) is 5.92 Å². The average Bonchev–Trinajstić information content (AvgIpc) is 2.21. The molecule has 0 amide bonds. The molecule has 1 atom stereocenters. The molecule has 0 saturated carbocycles. The SMILES string of the molecule is C=C/C=C\CCCCCC(CC)C(C)=O. The van der Waals surface area contributed by atoms with Gasteiger partial charge in [-0.1, -0.05) is 44.6 Å². The van der Waals surface area contributed by atoms with Crippen LogP contribution < -0.4 is 0 Å². The summed E-state index contributed by atoms with van der Waals surface area (Å²) in [6.07, 6.45) is 12.8. The monoisotopic (exact) mass is 208 g/mol. The van der Waals surface area contributed by atoms with Gasteiger partial charge < -0.3 is 0 Å². The molecule has 0 heterocycles. The van der Waals surface area contributed by atoms with Crippen LogP contribution in [0, 0.1) is 5.92 Å². The van der Waals surface area contributed by atoms with Crippen LogP contribution in [0.2, 0.25) is 0 Å². The average molecular weight is 208 g/mol. The maximum atomic E-state index is 11.2. The van der Waals surface area contributed by atoms with Crippen LogP contribution in [0.3, 0.4) is 0 Å². The Hall–Kier alpha value is -0.850. The van der Waals surface area contributed by atoms with E-state index < -0.39 is 0 Å². The zero-order valence-corrected chi connectivity index (χ0v) is 10.2. The standard InChI is InChI=1S/C14H24O/c1-4-6-7-8-9-10-11-12-14(5-2)13(3)15/h4,6-7,14H,1,5,8-12H2,2-3H3/b7-6-. The summed E-state index contributed by atoms with van der Waals surface area (Å²) in [5.74, 6) is 0.651. The van der Waals surface area contributed by atoms with Crippen molar-refractivity contribution < 1.29 is 4.79 Å². The molecule has 0 bridgehead atoms. The normalized spacial score (nSPS) is 12.9. The molecular formula is C14H24O. The Kier molecular flexibility index (Phi) is 9.15. The second-order valence-electron chi connectivity index (χ2n) is 4.02. The molecule has 0 aliphatic carbocycles. The lowest BCUT2D eigenvalue weighted by atomic mass is 9.95. The van der Waals surface area contributed by atoms with Gasteiger partial charge in [-0.2, -0.15) is 0 Å². The van der Waals surface area contributed by atoms with Crippen molar-refractivity contribution in [2.75, 3.05) is 0 Å². The van der Waals surface area contributed by atoms with Crippen molar-refractivity contribution in [3.8, 4) is 0 Å². The number of carbonyl (C=O) groups excluding carboxylic acids is 1. The minimum atomic E-state index is 0.300. The summed E-state index contributed by atoms with van der Waals surface area (Å²) >= 11 is 0. The second kappa shape index (κ2) is 9.70. The van der Waals surface area contributed by atoms with Gasteiger partial charge in [0.05, 0.1) is 0 Å². The van der Waals surface area contributed by atoms with Crippen LogP contribution in [0.5, 0.6) is 0 Å². The van der Waals surface area contributed by atoms with Crippen molar-refractivity contribution >= 4 is 5.78 Å². The van der Waals surface area contributed by atoms with E-state index in [-0.39, 0.29) is 0 Å². The van der Waals surface area contributed by atoms with Crippen LogP contribution in [0.15, 0.2) is 24.8 Å². The third kappa shape index (κ3) is 8.17. The molecule has 0 aliphatic heterocycles. The number of unbranched alkanes of at least 4 members (excludes halogenated alkanes) is 3. The van der Waals surface area contributed by atoms with Crippen molar-refractivity contribution in [1.82, 2.24) is 0 Å². The van der Waals surface area contributed by atoms with Crippen molar-refractivity contribution in [1.29, 1.82) is 0 Å². The van der Waals surface area contributed by atoms with Gasteiger partial charge in [0.2, 0.25) is 0 Å². The Bertz CT molecular complexity index is 203. The van der Waals surface area contributed by atoms with E-state index in [1.54, 1.807) is 6.92 Å². The quantitative estimate of drug-likeness (QED) is 0.408. The number of rotatable bonds is 9. The lowest BCUT2D eigenvalue weighted by molar-refractivity contribution is -0.121. The van der Waals surface area contributed by atoms with Gasteiger partial charge in [-0.3, -0.25) is 4.79 Å². The summed E-state index contributed by atoms with van der Waals surface area (Å²) < 4.78 is 0. The first kappa shape index (κ1) is 14.2. The Morgan fingerprint density at radius 2 is 2.07 bits per heavy atom. The first-order valence-corrected chi connectivity index (χ1v) is 6.00. The van der Waals surface area contributed by atoms with Gasteiger partial charge >= 0.3 is 0 Å². The highest BCUT2D eigenvalue weighted by molar-refractivity contribution is 5.78. The molecule has 0 fully saturated rings. The van der Waals surface area contributed by atoms with Crippen molar-refractivity contribution in [3.05, 3.63) is 24.8 Å². The Morgan fingerprint density at radius 1 is 1.33 bits per heavy atom. The van der Waals surface area contributed by atoms with Crippen molar-refractivity contribution in [3.63, 3.8) is 0 Å². The fourth-order valence-electron chi connectivity index (χ4n) is 1.72. The van der Waals surface area contributed by atoms with E-state index in [0.29, 0.717) is 11.7 Å². The van der Waals surface area contributed by atoms with Crippen molar-refractivity contribution in [2.24, 2.45) is 5.92 Å². The van der Waals surface area contributed by atoms with Crippen LogP contribution in [0.4, 0.5) is 0 Å². The summed E-state index contributed by atoms with van der Waals surface area (Å²) in [6.45, 7) is 7.43. The first-order chi connectivity index (χ1) is 7.22. The minimum Gasteiger partial charge on any atom is -0.300 e. The number of allylic oxidation sites excluding steroid dienone is 3. The van der Waals surface area contributed by atoms with E-state index in [0.717, 1.165) is 19.3 Å². The number of Topliss-reactive ketones (excluding diaryl/α,β-unsaturated/α-hetero) is 1. The van der Waals surface area contributed by atoms with Crippen LogP contribution in [0.25, 0.3) is 0 Å². The molecule has 0 aliphatic rings. The van der Waals surface area contributed by atoms with E-state index in [4.69, 9.17) is 0 Å². The largest absolute Gasteiger partial charge is 0.300 e. The van der Waals surface area contributed by atoms with E-state index in [1.165, 1.54) is 19.3 Å². The zero-order valence-electron chi connectivity index (χ0n) is 10.2. The molecule has 0 spiro atoms. The van der Waals surface area contributed by atoms with Gasteiger partial charge in [-0.15, -0.1) is 0 Å². The van der Waals surface area contributed by atoms with Crippen LogP contribution >= 0.6 is 0 Å². The molecule has 0 rings (SSSR count). The molecule has 1 heteroatoms. The summed E-state index contributed by atoms with van der Waals surface area (Å²) in [6, 6.07) is 0. The Balaban J connectivity index is 3.40. The number of ketones is 1. The molecule has 0 N–H and O–H groups in total. The zero-order chi connectivity index (χ0) is 11.5. The lowest BCUT2D eigenvalue weighted by Crippen LogP contribution is -2.09. The molecule has 86 valence electrons. The van der Waals surface area contributed by atoms with Crippen molar-refractivity contribution in [2.45, 2.75) is 52.4 Å². The molecule has 1 nitrogen and oxygen atoms in total. The maximum absolute atomic E-state index is 11.2. The number of carbonyl (C=O) groups is 1. The van der Waals surface area contributed by atoms with Crippen LogP contribution in [0.1, 0.15) is 52.4 Å². The van der Waals surface area contributed by atoms with Gasteiger partial charge in [0.1, 0.15) is 5.78 Å². The van der Waals surface area contributed by atoms with Gasteiger partial charge in [-0.25, -0.2) is 0 Å². The fraction of sp³-hybridized carbons (Fsp3) is 0.643. The van der Waals surface area contributed by atoms with E-state index in [9.17, 15) is 4.79 Å². The predicted octanol–water partition coefficient (Wildman–Crippen LogP) is 4.29. The summed E-state index contributed by atoms with van der Waals surface area (Å²) in [7, 11) is 0. The number of hydrogen-bond acceptors (Lipinski definition) is 1. The Labute approximate surface area is 94.3 Å². The molecule has 0 aromatic heterocycles. The summed E-state index contributed by atoms with van der Waals surface area (Å²) in [4.78, 5) is 11.2. The molecular weight excluding hydrogens is 184 g/mol. The van der Waals surface area contributed by atoms with Gasteiger partial charge in [-0.05, 0) is 32.6 Å². The molecule has 0 radical (unpaired) electrons. The highest BCUT2D eigenvalue weighted by atomic mass is 16.1. The summed E-state index contributed by atoms with van der Waals surface area (Å²) in [5.41, 5.74) is 0. The summed E-state index contributed by atoms with van der Waals surface area (Å²) in [5, 5.41) is 0. The molecule has 0 saturated heterocycles. The fourth-order valence-corrected chi connectivity index (χ4v) is 1.72. The molecule has 15 heavy (non-hydrogen) atoms. The Morgan fingerprint density at radius 3 is 2.60 bits per heavy atom.